The summed E-state index contributed by atoms with van der Waals surface area (Å²) >= 11 is 0. The van der Waals surface area contributed by atoms with Gasteiger partial charge in [0.05, 0.1) is 13.7 Å². The largest absolute Gasteiger partial charge is 0.468 e. The van der Waals surface area contributed by atoms with Crippen LogP contribution in [0.3, 0.4) is 0 Å². The first-order valence-electron chi connectivity index (χ1n) is 5.72. The van der Waals surface area contributed by atoms with Gasteiger partial charge in [0.2, 0.25) is 0 Å². The average molecular weight is 236 g/mol. The molecular formula is C13H20N2O2. The van der Waals surface area contributed by atoms with E-state index in [2.05, 4.69) is 34.1 Å². The zero-order valence-corrected chi connectivity index (χ0v) is 10.5. The zero-order chi connectivity index (χ0) is 12.5. The Morgan fingerprint density at radius 2 is 2.06 bits per heavy atom. The summed E-state index contributed by atoms with van der Waals surface area (Å²) in [7, 11) is 3.46. The first-order chi connectivity index (χ1) is 8.22. The number of hydrogen-bond acceptors (Lipinski definition) is 4. The van der Waals surface area contributed by atoms with E-state index in [1.54, 1.807) is 0 Å². The Hall–Kier alpha value is -1.39. The maximum Gasteiger partial charge on any atom is 0.319 e. The number of methoxy groups -OCH3 is 1. The minimum Gasteiger partial charge on any atom is -0.468 e. The Kier molecular flexibility index (Phi) is 6.29. The molecule has 0 bridgehead atoms. The summed E-state index contributed by atoms with van der Waals surface area (Å²) < 4.78 is 4.54. The first-order valence-corrected chi connectivity index (χ1v) is 5.72. The van der Waals surface area contributed by atoms with Gasteiger partial charge in [0.25, 0.3) is 0 Å². The van der Waals surface area contributed by atoms with Crippen molar-refractivity contribution >= 4 is 5.97 Å². The first kappa shape index (κ1) is 13.7. The van der Waals surface area contributed by atoms with E-state index in [0.29, 0.717) is 0 Å². The maximum absolute atomic E-state index is 10.8. The van der Waals surface area contributed by atoms with Gasteiger partial charge in [-0.1, -0.05) is 30.3 Å². The number of esters is 1. The Morgan fingerprint density at radius 3 is 2.71 bits per heavy atom. The molecule has 1 aromatic carbocycles. The summed E-state index contributed by atoms with van der Waals surface area (Å²) in [5, 5.41) is 3.04. The molecule has 0 radical (unpaired) electrons. The van der Waals surface area contributed by atoms with E-state index in [-0.39, 0.29) is 12.5 Å². The Bertz CT molecular complexity index is 327. The number of nitrogens with one attached hydrogen (secondary N) is 1. The van der Waals surface area contributed by atoms with Crippen molar-refractivity contribution in [2.24, 2.45) is 0 Å². The van der Waals surface area contributed by atoms with Gasteiger partial charge in [-0.15, -0.1) is 0 Å². The summed E-state index contributed by atoms with van der Waals surface area (Å²) in [6.07, 6.45) is 0. The zero-order valence-electron chi connectivity index (χ0n) is 10.5. The van der Waals surface area contributed by atoms with E-state index in [1.807, 2.05) is 18.2 Å². The van der Waals surface area contributed by atoms with E-state index >= 15 is 0 Å². The van der Waals surface area contributed by atoms with Gasteiger partial charge in [-0.25, -0.2) is 0 Å². The predicted molar refractivity (Wildman–Crippen MR) is 67.7 cm³/mol. The van der Waals surface area contributed by atoms with Gasteiger partial charge in [-0.3, -0.25) is 4.79 Å². The highest BCUT2D eigenvalue weighted by Gasteiger charge is 2.01. The Labute approximate surface area is 103 Å². The van der Waals surface area contributed by atoms with Crippen LogP contribution in [0.25, 0.3) is 0 Å². The van der Waals surface area contributed by atoms with Crippen LogP contribution in [0.4, 0.5) is 0 Å². The molecule has 1 rings (SSSR count). The van der Waals surface area contributed by atoms with Gasteiger partial charge >= 0.3 is 5.97 Å². The van der Waals surface area contributed by atoms with Crippen molar-refractivity contribution in [2.45, 2.75) is 6.54 Å². The van der Waals surface area contributed by atoms with E-state index in [4.69, 9.17) is 0 Å². The second-order valence-corrected chi connectivity index (χ2v) is 3.98. The van der Waals surface area contributed by atoms with Crippen LogP contribution in [0.1, 0.15) is 5.56 Å². The lowest BCUT2D eigenvalue weighted by atomic mass is 10.2. The molecule has 0 spiro atoms. The molecule has 4 heteroatoms. The smallest absolute Gasteiger partial charge is 0.319 e. The predicted octanol–water partition coefficient (Wildman–Crippen LogP) is 0.881. The molecule has 1 aromatic rings. The van der Waals surface area contributed by atoms with E-state index < -0.39 is 0 Å². The van der Waals surface area contributed by atoms with Crippen LogP contribution < -0.4 is 5.32 Å². The average Bonchev–Trinajstić information content (AvgIpc) is 2.35. The van der Waals surface area contributed by atoms with Crippen molar-refractivity contribution in [3.63, 3.8) is 0 Å². The molecule has 0 aromatic heterocycles. The molecule has 1 N–H and O–H groups in total. The van der Waals surface area contributed by atoms with E-state index in [0.717, 1.165) is 19.6 Å². The molecule has 0 amide bonds. The molecule has 0 aliphatic rings. The SMILES string of the molecule is COC(=O)CNCCN(C)Cc1ccccc1. The fourth-order valence-electron chi connectivity index (χ4n) is 1.51. The molecule has 0 saturated heterocycles. The second kappa shape index (κ2) is 7.81. The lowest BCUT2D eigenvalue weighted by Gasteiger charge is -2.16. The number of hydrogen-bond donors (Lipinski definition) is 1. The normalized spacial score (nSPS) is 10.5. The van der Waals surface area contributed by atoms with E-state index in [1.165, 1.54) is 12.7 Å². The monoisotopic (exact) mass is 236 g/mol. The lowest BCUT2D eigenvalue weighted by molar-refractivity contribution is -0.139. The highest BCUT2D eigenvalue weighted by molar-refractivity contribution is 5.71. The molecule has 0 aliphatic carbocycles. The number of benzene rings is 1. The summed E-state index contributed by atoms with van der Waals surface area (Å²) in [5.74, 6) is -0.226. The highest BCUT2D eigenvalue weighted by Crippen LogP contribution is 2.01. The van der Waals surface area contributed by atoms with Crippen LogP contribution in [0.5, 0.6) is 0 Å². The summed E-state index contributed by atoms with van der Waals surface area (Å²) in [6.45, 7) is 2.86. The molecule has 0 saturated carbocycles. The van der Waals surface area contributed by atoms with Gasteiger partial charge in [0.1, 0.15) is 0 Å². The third-order valence-electron chi connectivity index (χ3n) is 2.46. The fraction of sp³-hybridized carbons (Fsp3) is 0.462. The van der Waals surface area contributed by atoms with Crippen LogP contribution in [-0.2, 0) is 16.1 Å². The van der Waals surface area contributed by atoms with Crippen LogP contribution in [0.15, 0.2) is 30.3 Å². The van der Waals surface area contributed by atoms with Crippen LogP contribution in [0, 0.1) is 0 Å². The molecular weight excluding hydrogens is 216 g/mol. The minimum absolute atomic E-state index is 0.226. The number of carbonyl (C=O) groups excluding carboxylic acids is 1. The van der Waals surface area contributed by atoms with Crippen molar-refractivity contribution in [3.8, 4) is 0 Å². The molecule has 94 valence electrons. The van der Waals surface area contributed by atoms with Crippen molar-refractivity contribution < 1.29 is 9.53 Å². The van der Waals surface area contributed by atoms with Crippen LogP contribution in [0.2, 0.25) is 0 Å². The number of carbonyl (C=O) groups is 1. The Morgan fingerprint density at radius 1 is 1.35 bits per heavy atom. The van der Waals surface area contributed by atoms with Crippen LogP contribution >= 0.6 is 0 Å². The molecule has 0 atom stereocenters. The van der Waals surface area contributed by atoms with Crippen LogP contribution in [-0.4, -0.2) is 44.7 Å². The standard InChI is InChI=1S/C13H20N2O2/c1-15(9-8-14-10-13(16)17-2)11-12-6-4-3-5-7-12/h3-7,14H,8-11H2,1-2H3. The quantitative estimate of drug-likeness (QED) is 0.564. The molecule has 0 unspecified atom stereocenters. The lowest BCUT2D eigenvalue weighted by Crippen LogP contribution is -2.32. The molecule has 17 heavy (non-hydrogen) atoms. The molecule has 0 heterocycles. The minimum atomic E-state index is -0.226. The number of nitrogens with zero attached hydrogens (tertiary/aromatic N) is 1. The van der Waals surface area contributed by atoms with Crippen molar-refractivity contribution in [1.29, 1.82) is 0 Å². The fourth-order valence-corrected chi connectivity index (χ4v) is 1.51. The summed E-state index contributed by atoms with van der Waals surface area (Å²) in [4.78, 5) is 13.1. The van der Waals surface area contributed by atoms with Crippen molar-refractivity contribution in [3.05, 3.63) is 35.9 Å². The highest BCUT2D eigenvalue weighted by atomic mass is 16.5. The summed E-state index contributed by atoms with van der Waals surface area (Å²) in [6, 6.07) is 10.3. The number of rotatable bonds is 7. The molecule has 4 nitrogen and oxygen atoms in total. The van der Waals surface area contributed by atoms with Gasteiger partial charge < -0.3 is 15.0 Å². The van der Waals surface area contributed by atoms with Gasteiger partial charge in [0.15, 0.2) is 0 Å². The molecule has 0 aliphatic heterocycles. The molecule has 0 fully saturated rings. The van der Waals surface area contributed by atoms with Gasteiger partial charge in [-0.2, -0.15) is 0 Å². The van der Waals surface area contributed by atoms with E-state index in [9.17, 15) is 4.79 Å². The van der Waals surface area contributed by atoms with Crippen molar-refractivity contribution in [2.75, 3.05) is 33.8 Å². The topological polar surface area (TPSA) is 41.6 Å². The third-order valence-corrected chi connectivity index (χ3v) is 2.46. The van der Waals surface area contributed by atoms with Gasteiger partial charge in [-0.05, 0) is 12.6 Å². The number of likely N-dealkylation sites (N-methyl/N-ethyl adjacent to an activating group) is 1. The third kappa shape index (κ3) is 6.04. The number of ether oxygens (including phenoxy) is 1. The Balaban J connectivity index is 2.13. The van der Waals surface area contributed by atoms with Gasteiger partial charge in [0, 0.05) is 19.6 Å². The van der Waals surface area contributed by atoms with Crippen molar-refractivity contribution in [1.82, 2.24) is 10.2 Å². The maximum atomic E-state index is 10.8. The second-order valence-electron chi connectivity index (χ2n) is 3.98. The summed E-state index contributed by atoms with van der Waals surface area (Å²) in [5.41, 5.74) is 1.29.